The largest absolute Gasteiger partial charge is 0.479 e. The Hall–Kier alpha value is -1.98. The van der Waals surface area contributed by atoms with E-state index in [1.807, 2.05) is 0 Å². The van der Waals surface area contributed by atoms with Crippen molar-refractivity contribution < 1.29 is 13.8 Å². The average Bonchev–Trinajstić information content (AvgIpc) is 2.71. The quantitative estimate of drug-likeness (QED) is 0.741. The summed E-state index contributed by atoms with van der Waals surface area (Å²) in [6, 6.07) is 1.57. The molecule has 0 radical (unpaired) electrons. The van der Waals surface area contributed by atoms with E-state index < -0.39 is 0 Å². The van der Waals surface area contributed by atoms with Crippen molar-refractivity contribution in [3.63, 3.8) is 0 Å². The van der Waals surface area contributed by atoms with E-state index in [9.17, 15) is 0 Å². The zero-order chi connectivity index (χ0) is 9.26. The summed E-state index contributed by atoms with van der Waals surface area (Å²) in [5.41, 5.74) is 5.94. The maximum Gasteiger partial charge on any atom is 0.254 e. The van der Waals surface area contributed by atoms with Crippen molar-refractivity contribution in [3.05, 3.63) is 12.3 Å². The normalized spacial score (nSPS) is 10.2. The van der Waals surface area contributed by atoms with Crippen LogP contribution in [0.4, 0.5) is 5.69 Å². The molecule has 0 aromatic carbocycles. The number of nitrogens with zero attached hydrogens (tertiary/aromatic N) is 2. The lowest BCUT2D eigenvalue weighted by Crippen LogP contribution is -1.82. The molecule has 0 aliphatic carbocycles. The fourth-order valence-corrected chi connectivity index (χ4v) is 0.897. The van der Waals surface area contributed by atoms with Crippen molar-refractivity contribution in [2.24, 2.45) is 0 Å². The highest BCUT2D eigenvalue weighted by atomic mass is 16.5. The van der Waals surface area contributed by atoms with Gasteiger partial charge in [0.2, 0.25) is 11.5 Å². The van der Waals surface area contributed by atoms with Gasteiger partial charge in [-0.3, -0.25) is 0 Å². The summed E-state index contributed by atoms with van der Waals surface area (Å²) in [4.78, 5) is 0. The summed E-state index contributed by atoms with van der Waals surface area (Å²) in [6.07, 6.45) is 1.39. The Morgan fingerprint density at radius 2 is 2.31 bits per heavy atom. The van der Waals surface area contributed by atoms with E-state index in [1.165, 1.54) is 13.3 Å². The molecule has 0 bridgehead atoms. The van der Waals surface area contributed by atoms with Gasteiger partial charge < -0.3 is 19.5 Å². The van der Waals surface area contributed by atoms with Crippen LogP contribution in [0.25, 0.3) is 11.5 Å². The number of nitrogen functional groups attached to an aromatic ring is 1. The molecule has 13 heavy (non-hydrogen) atoms. The van der Waals surface area contributed by atoms with E-state index in [-0.39, 0.29) is 0 Å². The minimum absolute atomic E-state index is 0.357. The number of aromatic nitrogens is 2. The second-order valence-corrected chi connectivity index (χ2v) is 2.34. The highest BCUT2D eigenvalue weighted by molar-refractivity contribution is 5.65. The lowest BCUT2D eigenvalue weighted by atomic mass is 10.3. The minimum atomic E-state index is 0.357. The summed E-state index contributed by atoms with van der Waals surface area (Å²) >= 11 is 0. The first-order valence-corrected chi connectivity index (χ1v) is 3.52. The average molecular weight is 181 g/mol. The number of ether oxygens (including phenoxy) is 1. The van der Waals surface area contributed by atoms with Gasteiger partial charge in [-0.1, -0.05) is 5.16 Å². The van der Waals surface area contributed by atoms with Crippen molar-refractivity contribution in [2.45, 2.75) is 0 Å². The van der Waals surface area contributed by atoms with Gasteiger partial charge in [-0.15, -0.1) is 0 Å². The van der Waals surface area contributed by atoms with Crippen molar-refractivity contribution in [1.29, 1.82) is 0 Å². The molecule has 6 heteroatoms. The Kier molecular flexibility index (Phi) is 1.66. The predicted molar refractivity (Wildman–Crippen MR) is 43.0 cm³/mol. The Morgan fingerprint density at radius 1 is 1.46 bits per heavy atom. The molecular weight excluding hydrogens is 174 g/mol. The van der Waals surface area contributed by atoms with Crippen molar-refractivity contribution in [1.82, 2.24) is 10.3 Å². The smallest absolute Gasteiger partial charge is 0.254 e. The molecule has 2 N–H and O–H groups in total. The Labute approximate surface area is 73.2 Å². The molecule has 0 atom stereocenters. The van der Waals surface area contributed by atoms with Gasteiger partial charge in [0, 0.05) is 0 Å². The van der Waals surface area contributed by atoms with Gasteiger partial charge in [-0.25, -0.2) is 0 Å². The fraction of sp³-hybridized carbons (Fsp3) is 0.143. The maximum atomic E-state index is 5.54. The van der Waals surface area contributed by atoms with Gasteiger partial charge in [0.1, 0.15) is 5.69 Å². The lowest BCUT2D eigenvalue weighted by molar-refractivity contribution is 0.336. The summed E-state index contributed by atoms with van der Waals surface area (Å²) in [5.74, 6) is 1.12. The molecular formula is C7H7N3O3. The van der Waals surface area contributed by atoms with E-state index in [4.69, 9.17) is 19.5 Å². The zero-order valence-corrected chi connectivity index (χ0v) is 6.85. The van der Waals surface area contributed by atoms with Crippen LogP contribution in [-0.2, 0) is 0 Å². The highest BCUT2D eigenvalue weighted by Crippen LogP contribution is 2.27. The standard InChI is InChI=1S/C7H7N3O3/c1-11-6-2-5(12-10-6)7-4(8)3-9-13-7/h2-3H,8H2,1H3. The van der Waals surface area contributed by atoms with Crippen LogP contribution >= 0.6 is 0 Å². The van der Waals surface area contributed by atoms with E-state index >= 15 is 0 Å². The second-order valence-electron chi connectivity index (χ2n) is 2.34. The molecule has 0 amide bonds. The van der Waals surface area contributed by atoms with Crippen LogP contribution in [0, 0.1) is 0 Å². The first kappa shape index (κ1) is 7.66. The van der Waals surface area contributed by atoms with Gasteiger partial charge in [0.15, 0.2) is 0 Å². The van der Waals surface area contributed by atoms with Crippen LogP contribution in [0.5, 0.6) is 5.88 Å². The Bertz CT molecular complexity index is 407. The third-order valence-electron chi connectivity index (χ3n) is 1.52. The molecule has 0 spiro atoms. The topological polar surface area (TPSA) is 87.3 Å². The van der Waals surface area contributed by atoms with Crippen LogP contribution in [0.3, 0.4) is 0 Å². The van der Waals surface area contributed by atoms with Crippen LogP contribution in [-0.4, -0.2) is 17.4 Å². The lowest BCUT2D eigenvalue weighted by Gasteiger charge is -1.86. The van der Waals surface area contributed by atoms with Crippen LogP contribution in [0.2, 0.25) is 0 Å². The molecule has 2 heterocycles. The SMILES string of the molecule is COc1cc(-c2oncc2N)on1. The maximum absolute atomic E-state index is 5.54. The van der Waals surface area contributed by atoms with Crippen molar-refractivity contribution in [3.8, 4) is 17.4 Å². The molecule has 2 aromatic heterocycles. The Balaban J connectivity index is 2.41. The van der Waals surface area contributed by atoms with E-state index in [0.717, 1.165) is 0 Å². The van der Waals surface area contributed by atoms with E-state index in [2.05, 4.69) is 10.3 Å². The van der Waals surface area contributed by atoms with Crippen LogP contribution < -0.4 is 10.5 Å². The first-order valence-electron chi connectivity index (χ1n) is 3.52. The van der Waals surface area contributed by atoms with Crippen molar-refractivity contribution in [2.75, 3.05) is 12.8 Å². The number of hydrogen-bond donors (Lipinski definition) is 1. The number of hydrogen-bond acceptors (Lipinski definition) is 6. The zero-order valence-electron chi connectivity index (χ0n) is 6.85. The molecule has 2 aromatic rings. The first-order chi connectivity index (χ1) is 6.31. The fourth-order valence-electron chi connectivity index (χ4n) is 0.897. The minimum Gasteiger partial charge on any atom is -0.479 e. The highest BCUT2D eigenvalue weighted by Gasteiger charge is 2.14. The van der Waals surface area contributed by atoms with Gasteiger partial charge in [-0.05, 0) is 5.16 Å². The molecule has 0 unspecified atom stereocenters. The predicted octanol–water partition coefficient (Wildman–Crippen LogP) is 0.920. The van der Waals surface area contributed by atoms with Gasteiger partial charge in [0.25, 0.3) is 5.88 Å². The molecule has 68 valence electrons. The number of rotatable bonds is 2. The number of methoxy groups -OCH3 is 1. The summed E-state index contributed by atoms with van der Waals surface area (Å²) < 4.78 is 14.6. The third kappa shape index (κ3) is 1.22. The Morgan fingerprint density at radius 3 is 2.85 bits per heavy atom. The molecule has 6 nitrogen and oxygen atoms in total. The molecule has 0 aliphatic rings. The van der Waals surface area contributed by atoms with Gasteiger partial charge in [0.05, 0.1) is 19.4 Å². The molecule has 0 saturated heterocycles. The summed E-state index contributed by atoms with van der Waals surface area (Å²) in [6.45, 7) is 0. The summed E-state index contributed by atoms with van der Waals surface area (Å²) in [5, 5.41) is 7.10. The molecule has 0 aliphatic heterocycles. The van der Waals surface area contributed by atoms with Crippen molar-refractivity contribution >= 4 is 5.69 Å². The van der Waals surface area contributed by atoms with Gasteiger partial charge in [-0.2, -0.15) is 0 Å². The third-order valence-corrected chi connectivity index (χ3v) is 1.52. The number of nitrogens with two attached hydrogens (primary N) is 1. The van der Waals surface area contributed by atoms with Gasteiger partial charge >= 0.3 is 0 Å². The number of anilines is 1. The van der Waals surface area contributed by atoms with E-state index in [0.29, 0.717) is 23.1 Å². The molecule has 2 rings (SSSR count). The van der Waals surface area contributed by atoms with Crippen LogP contribution in [0.15, 0.2) is 21.3 Å². The summed E-state index contributed by atoms with van der Waals surface area (Å²) in [7, 11) is 1.49. The van der Waals surface area contributed by atoms with Crippen LogP contribution in [0.1, 0.15) is 0 Å². The molecule has 0 saturated carbocycles. The second kappa shape index (κ2) is 2.81. The monoisotopic (exact) mass is 181 g/mol. The van der Waals surface area contributed by atoms with E-state index in [1.54, 1.807) is 6.07 Å². The molecule has 0 fully saturated rings.